The molecule has 1 aromatic rings. The molecule has 0 aliphatic carbocycles. The van der Waals surface area contributed by atoms with Crippen LogP contribution in [0.1, 0.15) is 13.8 Å². The van der Waals surface area contributed by atoms with Gasteiger partial charge in [-0.25, -0.2) is 13.4 Å². The van der Waals surface area contributed by atoms with E-state index in [1.807, 2.05) is 0 Å². The Morgan fingerprint density at radius 3 is 2.61 bits per heavy atom. The molecule has 0 aliphatic heterocycles. The number of sulfonamides is 1. The van der Waals surface area contributed by atoms with E-state index in [4.69, 9.17) is 22.4 Å². The molecule has 0 spiro atoms. The molecule has 0 aromatic carbocycles. The van der Waals surface area contributed by atoms with Gasteiger partial charge in [0, 0.05) is 18.8 Å². The largest absolute Gasteiger partial charge is 0.395 e. The van der Waals surface area contributed by atoms with Gasteiger partial charge >= 0.3 is 0 Å². The maximum atomic E-state index is 12.3. The van der Waals surface area contributed by atoms with Crippen molar-refractivity contribution in [3.63, 3.8) is 0 Å². The molecular weight excluding hydrogens is 278 g/mol. The molecule has 102 valence electrons. The summed E-state index contributed by atoms with van der Waals surface area (Å²) in [6.45, 7) is 3.20. The Hall–Kier alpha value is -0.890. The molecule has 18 heavy (non-hydrogen) atoms. The Morgan fingerprint density at radius 1 is 1.56 bits per heavy atom. The van der Waals surface area contributed by atoms with E-state index in [2.05, 4.69) is 4.98 Å². The van der Waals surface area contributed by atoms with Gasteiger partial charge in [0.25, 0.3) is 0 Å². The molecule has 3 N–H and O–H groups in total. The molecule has 0 atom stereocenters. The maximum Gasteiger partial charge on any atom is 0.244 e. The monoisotopic (exact) mass is 293 g/mol. The summed E-state index contributed by atoms with van der Waals surface area (Å²) in [5, 5.41) is 9.01. The van der Waals surface area contributed by atoms with Crippen LogP contribution < -0.4 is 5.73 Å². The van der Waals surface area contributed by atoms with Crippen LogP contribution in [0.25, 0.3) is 0 Å². The van der Waals surface area contributed by atoms with Crippen LogP contribution in [0.15, 0.2) is 17.2 Å². The summed E-state index contributed by atoms with van der Waals surface area (Å²) < 4.78 is 25.8. The van der Waals surface area contributed by atoms with Crippen molar-refractivity contribution >= 4 is 27.4 Å². The summed E-state index contributed by atoms with van der Waals surface area (Å²) in [6, 6.07) is 0.977. The average molecular weight is 294 g/mol. The molecule has 0 unspecified atom stereocenters. The zero-order valence-electron chi connectivity index (χ0n) is 10.2. The molecule has 0 fully saturated rings. The van der Waals surface area contributed by atoms with E-state index in [-0.39, 0.29) is 34.9 Å². The lowest BCUT2D eigenvalue weighted by molar-refractivity contribution is 0.236. The van der Waals surface area contributed by atoms with Gasteiger partial charge in [0.05, 0.1) is 11.6 Å². The highest BCUT2D eigenvalue weighted by atomic mass is 35.5. The normalized spacial score (nSPS) is 12.3. The second-order valence-electron chi connectivity index (χ2n) is 3.97. The van der Waals surface area contributed by atoms with Crippen LogP contribution in [0.5, 0.6) is 0 Å². The Bertz CT molecular complexity index is 519. The number of nitrogens with two attached hydrogens (primary N) is 1. The number of anilines is 1. The minimum atomic E-state index is -3.73. The van der Waals surface area contributed by atoms with E-state index in [0.29, 0.717) is 0 Å². The van der Waals surface area contributed by atoms with Crippen LogP contribution in [0.4, 0.5) is 5.82 Å². The van der Waals surface area contributed by atoms with Gasteiger partial charge in [-0.2, -0.15) is 4.31 Å². The molecule has 0 aliphatic rings. The third-order valence-electron chi connectivity index (χ3n) is 2.35. The van der Waals surface area contributed by atoms with Crippen molar-refractivity contribution in [3.8, 4) is 0 Å². The zero-order chi connectivity index (χ0) is 13.9. The van der Waals surface area contributed by atoms with Gasteiger partial charge in [-0.3, -0.25) is 0 Å². The Morgan fingerprint density at radius 2 is 2.17 bits per heavy atom. The van der Waals surface area contributed by atoms with E-state index < -0.39 is 10.0 Å². The van der Waals surface area contributed by atoms with Gasteiger partial charge < -0.3 is 10.8 Å². The van der Waals surface area contributed by atoms with Gasteiger partial charge in [0.15, 0.2) is 0 Å². The molecule has 0 radical (unpaired) electrons. The highest BCUT2D eigenvalue weighted by Gasteiger charge is 2.27. The number of aromatic nitrogens is 1. The van der Waals surface area contributed by atoms with Gasteiger partial charge in [0.2, 0.25) is 10.0 Å². The number of hydrogen-bond acceptors (Lipinski definition) is 5. The van der Waals surface area contributed by atoms with Crippen molar-refractivity contribution in [2.45, 2.75) is 24.8 Å². The molecule has 6 nitrogen and oxygen atoms in total. The fourth-order valence-electron chi connectivity index (χ4n) is 1.46. The first-order valence-electron chi connectivity index (χ1n) is 5.34. The van der Waals surface area contributed by atoms with Crippen LogP contribution in [0.3, 0.4) is 0 Å². The summed E-state index contributed by atoms with van der Waals surface area (Å²) >= 11 is 5.76. The summed E-state index contributed by atoms with van der Waals surface area (Å²) in [4.78, 5) is 3.69. The number of nitrogen functional groups attached to an aromatic ring is 1. The van der Waals surface area contributed by atoms with Crippen LogP contribution in [0, 0.1) is 0 Å². The Kier molecular flexibility index (Phi) is 4.92. The van der Waals surface area contributed by atoms with Crippen molar-refractivity contribution < 1.29 is 13.5 Å². The lowest BCUT2D eigenvalue weighted by Gasteiger charge is -2.25. The molecular formula is C10H16ClN3O3S. The summed E-state index contributed by atoms with van der Waals surface area (Å²) in [5.41, 5.74) is 5.44. The quantitative estimate of drug-likeness (QED) is 0.833. The number of hydrogen-bond donors (Lipinski definition) is 2. The van der Waals surface area contributed by atoms with E-state index >= 15 is 0 Å². The molecule has 8 heteroatoms. The summed E-state index contributed by atoms with van der Waals surface area (Å²) in [7, 11) is -3.73. The number of aliphatic hydroxyl groups excluding tert-OH is 1. The van der Waals surface area contributed by atoms with Crippen LogP contribution >= 0.6 is 11.6 Å². The fraction of sp³-hybridized carbons (Fsp3) is 0.500. The minimum Gasteiger partial charge on any atom is -0.395 e. The van der Waals surface area contributed by atoms with Gasteiger partial charge in [-0.1, -0.05) is 11.6 Å². The van der Waals surface area contributed by atoms with Crippen LogP contribution in [-0.2, 0) is 10.0 Å². The van der Waals surface area contributed by atoms with E-state index in [1.54, 1.807) is 13.8 Å². The van der Waals surface area contributed by atoms with Crippen molar-refractivity contribution in [1.82, 2.24) is 9.29 Å². The second-order valence-corrected chi connectivity index (χ2v) is 6.27. The number of aliphatic hydroxyl groups is 1. The first kappa shape index (κ1) is 15.2. The molecule has 0 bridgehead atoms. The molecule has 1 aromatic heterocycles. The molecule has 0 saturated carbocycles. The average Bonchev–Trinajstić information content (AvgIpc) is 2.28. The lowest BCUT2D eigenvalue weighted by Crippen LogP contribution is -2.39. The highest BCUT2D eigenvalue weighted by Crippen LogP contribution is 2.23. The van der Waals surface area contributed by atoms with Crippen molar-refractivity contribution in [2.75, 3.05) is 18.9 Å². The topological polar surface area (TPSA) is 96.5 Å². The van der Waals surface area contributed by atoms with Crippen molar-refractivity contribution in [2.24, 2.45) is 0 Å². The fourth-order valence-corrected chi connectivity index (χ4v) is 3.29. The third-order valence-corrected chi connectivity index (χ3v) is 4.69. The van der Waals surface area contributed by atoms with Gasteiger partial charge in [-0.15, -0.1) is 0 Å². The number of nitrogens with zero attached hydrogens (tertiary/aromatic N) is 2. The second kappa shape index (κ2) is 5.83. The Labute approximate surface area is 111 Å². The van der Waals surface area contributed by atoms with E-state index in [0.717, 1.165) is 6.20 Å². The predicted octanol–water partition coefficient (Wildman–Crippen LogP) is 0.709. The standard InChI is InChI=1S/C10H16ClN3O3S/c1-7(2)14(3-4-15)18(16,17)8-5-9(11)10(12)13-6-8/h5-7,15H,3-4H2,1-2H3,(H2,12,13). The minimum absolute atomic E-state index is 0.0159. The third kappa shape index (κ3) is 3.11. The SMILES string of the molecule is CC(C)N(CCO)S(=O)(=O)c1cnc(N)c(Cl)c1. The van der Waals surface area contributed by atoms with E-state index in [9.17, 15) is 8.42 Å². The van der Waals surface area contributed by atoms with E-state index in [1.165, 1.54) is 10.4 Å². The predicted molar refractivity (Wildman–Crippen MR) is 69.8 cm³/mol. The van der Waals surface area contributed by atoms with Crippen LogP contribution in [0.2, 0.25) is 5.02 Å². The molecule has 0 saturated heterocycles. The highest BCUT2D eigenvalue weighted by molar-refractivity contribution is 7.89. The Balaban J connectivity index is 3.22. The maximum absolute atomic E-state index is 12.3. The first-order chi connectivity index (χ1) is 8.30. The molecule has 1 heterocycles. The number of halogens is 1. The summed E-state index contributed by atoms with van der Waals surface area (Å²) in [6.07, 6.45) is 1.16. The van der Waals surface area contributed by atoms with Gasteiger partial charge in [-0.05, 0) is 19.9 Å². The summed E-state index contributed by atoms with van der Waals surface area (Å²) in [5.74, 6) is 0.0777. The first-order valence-corrected chi connectivity index (χ1v) is 7.16. The zero-order valence-corrected chi connectivity index (χ0v) is 11.7. The lowest BCUT2D eigenvalue weighted by atomic mass is 10.4. The molecule has 0 amide bonds. The number of pyridine rings is 1. The van der Waals surface area contributed by atoms with Crippen molar-refractivity contribution in [1.29, 1.82) is 0 Å². The smallest absolute Gasteiger partial charge is 0.244 e. The van der Waals surface area contributed by atoms with Crippen molar-refractivity contribution in [3.05, 3.63) is 17.3 Å². The van der Waals surface area contributed by atoms with Crippen LogP contribution in [-0.4, -0.2) is 42.0 Å². The number of rotatable bonds is 5. The van der Waals surface area contributed by atoms with Gasteiger partial charge in [0.1, 0.15) is 10.7 Å². The molecule has 1 rings (SSSR count).